The molecule has 1 amide bonds. The maximum absolute atomic E-state index is 11.8. The van der Waals surface area contributed by atoms with Gasteiger partial charge in [0, 0.05) is 47.6 Å². The molecule has 1 aliphatic carbocycles. The van der Waals surface area contributed by atoms with Crippen LogP contribution in [0.2, 0.25) is 0 Å². The SMILES string of the molecule is CCC(=O)Nc1cccc(-c2cc3nc(C)cn3c(Nc3cc(C4CC4)[nH]n3)n2)c1. The molecule has 3 N–H and O–H groups in total. The number of nitrogens with one attached hydrogen (secondary N) is 3. The monoisotopic (exact) mass is 401 g/mol. The Labute approximate surface area is 173 Å². The first kappa shape index (κ1) is 18.4. The van der Waals surface area contributed by atoms with Crippen LogP contribution in [-0.2, 0) is 4.79 Å². The van der Waals surface area contributed by atoms with Gasteiger partial charge in [-0.25, -0.2) is 9.97 Å². The Hall–Kier alpha value is -3.68. The quantitative estimate of drug-likeness (QED) is 0.445. The fourth-order valence-electron chi connectivity index (χ4n) is 3.47. The molecule has 152 valence electrons. The summed E-state index contributed by atoms with van der Waals surface area (Å²) in [6, 6.07) is 11.7. The highest BCUT2D eigenvalue weighted by Gasteiger charge is 2.25. The fraction of sp³-hybridized carbons (Fsp3) is 0.273. The summed E-state index contributed by atoms with van der Waals surface area (Å²) in [7, 11) is 0. The van der Waals surface area contributed by atoms with Crippen molar-refractivity contribution in [1.82, 2.24) is 24.6 Å². The fourth-order valence-corrected chi connectivity index (χ4v) is 3.47. The molecule has 1 fully saturated rings. The Balaban J connectivity index is 1.53. The highest BCUT2D eigenvalue weighted by Crippen LogP contribution is 2.39. The number of imidazole rings is 1. The molecule has 3 heterocycles. The minimum atomic E-state index is -0.0215. The summed E-state index contributed by atoms with van der Waals surface area (Å²) in [6.07, 6.45) is 4.81. The van der Waals surface area contributed by atoms with Gasteiger partial charge in [-0.2, -0.15) is 5.10 Å². The molecule has 5 rings (SSSR count). The number of nitrogens with zero attached hydrogens (tertiary/aromatic N) is 4. The van der Waals surface area contributed by atoms with Gasteiger partial charge in [-0.05, 0) is 31.9 Å². The van der Waals surface area contributed by atoms with Gasteiger partial charge in [-0.15, -0.1) is 0 Å². The molecule has 4 aromatic rings. The normalized spacial score (nSPS) is 13.5. The Morgan fingerprint density at radius 2 is 2.10 bits per heavy atom. The lowest BCUT2D eigenvalue weighted by atomic mass is 10.1. The average Bonchev–Trinajstić information content (AvgIpc) is 3.36. The lowest BCUT2D eigenvalue weighted by molar-refractivity contribution is -0.115. The van der Waals surface area contributed by atoms with Crippen molar-refractivity contribution in [2.45, 2.75) is 39.0 Å². The number of fused-ring (bicyclic) bond motifs is 1. The molecule has 3 aromatic heterocycles. The number of amides is 1. The number of aromatic amines is 1. The topological polar surface area (TPSA) is 100 Å². The first-order valence-electron chi connectivity index (χ1n) is 10.2. The van der Waals surface area contributed by atoms with Gasteiger partial charge in [0.1, 0.15) is 5.65 Å². The van der Waals surface area contributed by atoms with E-state index in [1.54, 1.807) is 0 Å². The van der Waals surface area contributed by atoms with E-state index in [0.717, 1.165) is 39.8 Å². The second-order valence-corrected chi connectivity index (χ2v) is 7.67. The molecule has 0 saturated heterocycles. The van der Waals surface area contributed by atoms with Crippen LogP contribution in [0.15, 0.2) is 42.6 Å². The Bertz CT molecular complexity index is 1240. The number of carbonyl (C=O) groups excluding carboxylic acids is 1. The van der Waals surface area contributed by atoms with Gasteiger partial charge >= 0.3 is 0 Å². The van der Waals surface area contributed by atoms with Gasteiger partial charge in [-0.3, -0.25) is 14.3 Å². The second kappa shape index (κ2) is 7.29. The number of hydrogen-bond acceptors (Lipinski definition) is 5. The van der Waals surface area contributed by atoms with Crippen LogP contribution in [0.4, 0.5) is 17.5 Å². The lowest BCUT2D eigenvalue weighted by Gasteiger charge is -2.10. The minimum absolute atomic E-state index is 0.0215. The van der Waals surface area contributed by atoms with Crippen LogP contribution in [0.5, 0.6) is 0 Å². The number of hydrogen-bond donors (Lipinski definition) is 3. The number of carbonyl (C=O) groups is 1. The van der Waals surface area contributed by atoms with E-state index in [1.807, 2.05) is 60.8 Å². The predicted octanol–water partition coefficient (Wildman–Crippen LogP) is 4.40. The summed E-state index contributed by atoms with van der Waals surface area (Å²) in [5.74, 6) is 1.95. The van der Waals surface area contributed by atoms with E-state index in [1.165, 1.54) is 12.8 Å². The summed E-state index contributed by atoms with van der Waals surface area (Å²) in [6.45, 7) is 3.79. The second-order valence-electron chi connectivity index (χ2n) is 7.67. The van der Waals surface area contributed by atoms with Crippen LogP contribution in [0.3, 0.4) is 0 Å². The number of H-pyrrole nitrogens is 1. The molecule has 1 aromatic carbocycles. The largest absolute Gasteiger partial charge is 0.326 e. The van der Waals surface area contributed by atoms with E-state index in [4.69, 9.17) is 4.98 Å². The summed E-state index contributed by atoms with van der Waals surface area (Å²) in [5.41, 5.74) is 5.27. The van der Waals surface area contributed by atoms with Gasteiger partial charge in [0.2, 0.25) is 11.9 Å². The van der Waals surface area contributed by atoms with Gasteiger partial charge < -0.3 is 10.6 Å². The van der Waals surface area contributed by atoms with Crippen LogP contribution in [-0.4, -0.2) is 30.5 Å². The van der Waals surface area contributed by atoms with Crippen LogP contribution in [0, 0.1) is 6.92 Å². The standard InChI is InChI=1S/C22H23N7O/c1-3-21(30)24-16-6-4-5-15(9-16)17-11-20-23-13(2)12-29(20)22(25-17)26-19-10-18(27-28-19)14-7-8-14/h4-6,9-12,14H,3,7-8H2,1-2H3,(H,24,30)(H2,25,26,27,28). The van der Waals surface area contributed by atoms with E-state index in [9.17, 15) is 4.79 Å². The molecule has 1 aliphatic rings. The van der Waals surface area contributed by atoms with Crippen LogP contribution in [0.25, 0.3) is 16.9 Å². The highest BCUT2D eigenvalue weighted by atomic mass is 16.1. The van der Waals surface area contributed by atoms with Crippen molar-refractivity contribution in [2.75, 3.05) is 10.6 Å². The van der Waals surface area contributed by atoms with E-state index in [-0.39, 0.29) is 5.91 Å². The lowest BCUT2D eigenvalue weighted by Crippen LogP contribution is -2.09. The van der Waals surface area contributed by atoms with Gasteiger partial charge in [-0.1, -0.05) is 19.1 Å². The predicted molar refractivity (Wildman–Crippen MR) is 116 cm³/mol. The van der Waals surface area contributed by atoms with Crippen molar-refractivity contribution in [1.29, 1.82) is 0 Å². The molecular weight excluding hydrogens is 378 g/mol. The van der Waals surface area contributed by atoms with Crippen molar-refractivity contribution < 1.29 is 4.79 Å². The van der Waals surface area contributed by atoms with E-state index in [2.05, 4.69) is 25.8 Å². The van der Waals surface area contributed by atoms with Crippen molar-refractivity contribution in [3.8, 4) is 11.3 Å². The molecule has 0 spiro atoms. The smallest absolute Gasteiger partial charge is 0.224 e. The summed E-state index contributed by atoms with van der Waals surface area (Å²) in [4.78, 5) is 21.2. The zero-order valence-electron chi connectivity index (χ0n) is 16.9. The van der Waals surface area contributed by atoms with E-state index >= 15 is 0 Å². The molecule has 8 heteroatoms. The number of benzene rings is 1. The molecule has 0 atom stereocenters. The van der Waals surface area contributed by atoms with Gasteiger partial charge in [0.15, 0.2) is 5.82 Å². The van der Waals surface area contributed by atoms with Crippen molar-refractivity contribution in [3.05, 3.63) is 54.0 Å². The molecule has 1 saturated carbocycles. The van der Waals surface area contributed by atoms with E-state index in [0.29, 0.717) is 18.3 Å². The molecule has 8 nitrogen and oxygen atoms in total. The third kappa shape index (κ3) is 3.63. The summed E-state index contributed by atoms with van der Waals surface area (Å²) < 4.78 is 1.92. The van der Waals surface area contributed by atoms with Crippen molar-refractivity contribution in [2.24, 2.45) is 0 Å². The Kier molecular flexibility index (Phi) is 4.46. The van der Waals surface area contributed by atoms with Crippen LogP contribution >= 0.6 is 0 Å². The number of aryl methyl sites for hydroxylation is 1. The summed E-state index contributed by atoms with van der Waals surface area (Å²) in [5, 5.41) is 13.7. The highest BCUT2D eigenvalue weighted by molar-refractivity contribution is 5.91. The Morgan fingerprint density at radius 1 is 1.23 bits per heavy atom. The number of aromatic nitrogens is 5. The molecule has 0 bridgehead atoms. The molecular formula is C22H23N7O. The van der Waals surface area contributed by atoms with Gasteiger partial charge in [0.25, 0.3) is 0 Å². The molecule has 0 radical (unpaired) electrons. The first-order valence-corrected chi connectivity index (χ1v) is 10.2. The van der Waals surface area contributed by atoms with Gasteiger partial charge in [0.05, 0.1) is 11.4 Å². The average molecular weight is 401 g/mol. The van der Waals surface area contributed by atoms with Crippen molar-refractivity contribution in [3.63, 3.8) is 0 Å². The third-order valence-electron chi connectivity index (χ3n) is 5.19. The van der Waals surface area contributed by atoms with Crippen LogP contribution in [0.1, 0.15) is 43.5 Å². The Morgan fingerprint density at radius 3 is 2.90 bits per heavy atom. The van der Waals surface area contributed by atoms with Crippen molar-refractivity contribution >= 4 is 29.0 Å². The minimum Gasteiger partial charge on any atom is -0.326 e. The molecule has 30 heavy (non-hydrogen) atoms. The number of rotatable bonds is 6. The zero-order chi connectivity index (χ0) is 20.7. The first-order chi connectivity index (χ1) is 14.6. The van der Waals surface area contributed by atoms with E-state index < -0.39 is 0 Å². The zero-order valence-corrected chi connectivity index (χ0v) is 16.9. The summed E-state index contributed by atoms with van der Waals surface area (Å²) >= 11 is 0. The molecule has 0 unspecified atom stereocenters. The maximum Gasteiger partial charge on any atom is 0.224 e. The maximum atomic E-state index is 11.8. The third-order valence-corrected chi connectivity index (χ3v) is 5.19. The number of anilines is 3. The van der Waals surface area contributed by atoms with Crippen LogP contribution < -0.4 is 10.6 Å². The molecule has 0 aliphatic heterocycles.